The van der Waals surface area contributed by atoms with Crippen LogP contribution in [0.3, 0.4) is 0 Å². The molecule has 3 unspecified atom stereocenters. The van der Waals surface area contributed by atoms with Crippen LogP contribution in [0.15, 0.2) is 22.7 Å². The Morgan fingerprint density at radius 3 is 2.84 bits per heavy atom. The van der Waals surface area contributed by atoms with Gasteiger partial charge in [0, 0.05) is 23.1 Å². The minimum absolute atomic E-state index is 0.267. The molecule has 0 amide bonds. The Kier molecular flexibility index (Phi) is 5.29. The van der Waals surface area contributed by atoms with Gasteiger partial charge in [0.05, 0.1) is 5.02 Å². The first-order chi connectivity index (χ1) is 9.04. The van der Waals surface area contributed by atoms with Gasteiger partial charge in [0.1, 0.15) is 0 Å². The molecule has 1 aromatic rings. The van der Waals surface area contributed by atoms with E-state index in [-0.39, 0.29) is 6.04 Å². The predicted molar refractivity (Wildman–Crippen MR) is 85.5 cm³/mol. The van der Waals surface area contributed by atoms with Crippen LogP contribution in [0.2, 0.25) is 5.02 Å². The minimum atomic E-state index is 0.267. The van der Waals surface area contributed by atoms with Crippen LogP contribution in [0.4, 0.5) is 0 Å². The zero-order chi connectivity index (χ0) is 14.0. The zero-order valence-corrected chi connectivity index (χ0v) is 13.9. The maximum Gasteiger partial charge on any atom is 0.0551 e. The topological polar surface area (TPSA) is 29.3 Å². The molecular formula is C15H22BrClN2. The van der Waals surface area contributed by atoms with Crippen molar-refractivity contribution in [1.82, 2.24) is 4.90 Å². The summed E-state index contributed by atoms with van der Waals surface area (Å²) in [5.41, 5.74) is 7.25. The van der Waals surface area contributed by atoms with E-state index in [1.165, 1.54) is 18.4 Å². The van der Waals surface area contributed by atoms with Gasteiger partial charge in [-0.25, -0.2) is 0 Å². The number of piperidine rings is 1. The van der Waals surface area contributed by atoms with E-state index in [4.69, 9.17) is 17.3 Å². The Balaban J connectivity index is 2.25. The van der Waals surface area contributed by atoms with Crippen molar-refractivity contribution < 1.29 is 0 Å². The second-order valence-electron chi connectivity index (χ2n) is 5.52. The molecule has 1 aliphatic heterocycles. The summed E-state index contributed by atoms with van der Waals surface area (Å²) in [6.07, 6.45) is 2.57. The molecule has 106 valence electrons. The van der Waals surface area contributed by atoms with Crippen LogP contribution in [0.1, 0.15) is 38.3 Å². The van der Waals surface area contributed by atoms with Gasteiger partial charge in [0.25, 0.3) is 0 Å². The summed E-state index contributed by atoms with van der Waals surface area (Å²) in [6, 6.07) is 7.01. The van der Waals surface area contributed by atoms with Crippen molar-refractivity contribution >= 4 is 27.5 Å². The highest BCUT2D eigenvalue weighted by atomic mass is 79.9. The van der Waals surface area contributed by atoms with Crippen LogP contribution in [0, 0.1) is 5.92 Å². The van der Waals surface area contributed by atoms with Crippen LogP contribution < -0.4 is 5.73 Å². The van der Waals surface area contributed by atoms with Gasteiger partial charge in [-0.3, -0.25) is 4.90 Å². The Labute approximate surface area is 129 Å². The predicted octanol–water partition coefficient (Wildman–Crippen LogP) is 4.22. The van der Waals surface area contributed by atoms with Crippen molar-refractivity contribution in [2.45, 2.75) is 38.8 Å². The molecule has 0 aromatic heterocycles. The highest BCUT2D eigenvalue weighted by Gasteiger charge is 2.30. The molecule has 0 bridgehead atoms. The van der Waals surface area contributed by atoms with Crippen molar-refractivity contribution in [2.24, 2.45) is 11.7 Å². The van der Waals surface area contributed by atoms with E-state index in [2.05, 4.69) is 40.7 Å². The molecule has 0 spiro atoms. The maximum atomic E-state index is 6.21. The fourth-order valence-corrected chi connectivity index (χ4v) is 3.43. The van der Waals surface area contributed by atoms with Gasteiger partial charge in [0.2, 0.25) is 0 Å². The van der Waals surface area contributed by atoms with Gasteiger partial charge >= 0.3 is 0 Å². The smallest absolute Gasteiger partial charge is 0.0551 e. The van der Waals surface area contributed by atoms with Crippen molar-refractivity contribution in [3.63, 3.8) is 0 Å². The molecule has 1 fully saturated rings. The normalized spacial score (nSPS) is 26.4. The van der Waals surface area contributed by atoms with Crippen molar-refractivity contribution in [1.29, 1.82) is 0 Å². The van der Waals surface area contributed by atoms with Gasteiger partial charge in [-0.15, -0.1) is 0 Å². The molecule has 3 atom stereocenters. The first-order valence-electron chi connectivity index (χ1n) is 6.95. The molecule has 2 N–H and O–H groups in total. The minimum Gasteiger partial charge on any atom is -0.329 e. The molecular weight excluding hydrogens is 324 g/mol. The Hall–Kier alpha value is -0.0900. The monoisotopic (exact) mass is 344 g/mol. The second kappa shape index (κ2) is 6.57. The van der Waals surface area contributed by atoms with Gasteiger partial charge in [-0.1, -0.05) is 24.6 Å². The van der Waals surface area contributed by atoms with Gasteiger partial charge in [0.15, 0.2) is 0 Å². The standard InChI is InChI=1S/C15H22BrClN2/c1-10-4-3-7-19(11(10)2)15(9-18)12-5-6-13(16)14(17)8-12/h5-6,8,10-11,15H,3-4,7,9,18H2,1-2H3. The van der Waals surface area contributed by atoms with Crippen molar-refractivity contribution in [2.75, 3.05) is 13.1 Å². The highest BCUT2D eigenvalue weighted by Crippen LogP contribution is 2.33. The fourth-order valence-electron chi connectivity index (χ4n) is 2.99. The molecule has 1 aromatic carbocycles. The van der Waals surface area contributed by atoms with E-state index in [1.54, 1.807) is 0 Å². The summed E-state index contributed by atoms with van der Waals surface area (Å²) in [5.74, 6) is 0.730. The molecule has 1 saturated heterocycles. The van der Waals surface area contributed by atoms with E-state index in [1.807, 2.05) is 12.1 Å². The Morgan fingerprint density at radius 2 is 2.21 bits per heavy atom. The lowest BCUT2D eigenvalue weighted by molar-refractivity contribution is 0.0710. The second-order valence-corrected chi connectivity index (χ2v) is 6.78. The molecule has 1 heterocycles. The van der Waals surface area contributed by atoms with Crippen LogP contribution >= 0.6 is 27.5 Å². The molecule has 0 aliphatic carbocycles. The molecule has 4 heteroatoms. The van der Waals surface area contributed by atoms with E-state index < -0.39 is 0 Å². The lowest BCUT2D eigenvalue weighted by Gasteiger charge is -2.42. The molecule has 0 radical (unpaired) electrons. The van der Waals surface area contributed by atoms with Gasteiger partial charge < -0.3 is 5.73 Å². The number of halogens is 2. The number of rotatable bonds is 3. The van der Waals surface area contributed by atoms with E-state index >= 15 is 0 Å². The Bertz CT molecular complexity index is 438. The van der Waals surface area contributed by atoms with Crippen LogP contribution in [-0.2, 0) is 0 Å². The highest BCUT2D eigenvalue weighted by molar-refractivity contribution is 9.10. The number of likely N-dealkylation sites (tertiary alicyclic amines) is 1. The third-order valence-corrected chi connectivity index (χ3v) is 5.61. The number of nitrogens with two attached hydrogens (primary N) is 1. The number of hydrogen-bond donors (Lipinski definition) is 1. The average Bonchev–Trinajstić information content (AvgIpc) is 2.39. The zero-order valence-electron chi connectivity index (χ0n) is 11.6. The van der Waals surface area contributed by atoms with Gasteiger partial charge in [-0.05, 0) is 65.9 Å². The SMILES string of the molecule is CC1CCCN(C(CN)c2ccc(Br)c(Cl)c2)C1C. The molecule has 19 heavy (non-hydrogen) atoms. The summed E-state index contributed by atoms with van der Waals surface area (Å²) >= 11 is 9.65. The average molecular weight is 346 g/mol. The number of benzene rings is 1. The molecule has 2 nitrogen and oxygen atoms in total. The summed E-state index contributed by atoms with van der Waals surface area (Å²) in [6.45, 7) is 6.40. The lowest BCUT2D eigenvalue weighted by Crippen LogP contribution is -2.46. The third kappa shape index (κ3) is 3.33. The number of hydrogen-bond acceptors (Lipinski definition) is 2. The maximum absolute atomic E-state index is 6.21. The van der Waals surface area contributed by atoms with Crippen molar-refractivity contribution in [3.8, 4) is 0 Å². The summed E-state index contributed by atoms with van der Waals surface area (Å²) in [7, 11) is 0. The van der Waals surface area contributed by atoms with Crippen LogP contribution in [0.25, 0.3) is 0 Å². The largest absolute Gasteiger partial charge is 0.329 e. The first kappa shape index (κ1) is 15.3. The van der Waals surface area contributed by atoms with Crippen LogP contribution in [0.5, 0.6) is 0 Å². The van der Waals surface area contributed by atoms with E-state index in [0.717, 1.165) is 22.0 Å². The van der Waals surface area contributed by atoms with Crippen molar-refractivity contribution in [3.05, 3.63) is 33.3 Å². The lowest BCUT2D eigenvalue weighted by atomic mass is 9.89. The Morgan fingerprint density at radius 1 is 1.47 bits per heavy atom. The third-order valence-electron chi connectivity index (χ3n) is 4.37. The quantitative estimate of drug-likeness (QED) is 0.888. The molecule has 1 aliphatic rings. The first-order valence-corrected chi connectivity index (χ1v) is 8.12. The fraction of sp³-hybridized carbons (Fsp3) is 0.600. The summed E-state index contributed by atoms with van der Waals surface area (Å²) < 4.78 is 0.939. The number of nitrogens with zero attached hydrogens (tertiary/aromatic N) is 1. The van der Waals surface area contributed by atoms with Gasteiger partial charge in [-0.2, -0.15) is 0 Å². The summed E-state index contributed by atoms with van der Waals surface area (Å²) in [5, 5.41) is 0.758. The molecule has 2 rings (SSSR count). The summed E-state index contributed by atoms with van der Waals surface area (Å²) in [4.78, 5) is 2.54. The van der Waals surface area contributed by atoms with E-state index in [0.29, 0.717) is 12.6 Å². The molecule has 0 saturated carbocycles. The van der Waals surface area contributed by atoms with Crippen LogP contribution in [-0.4, -0.2) is 24.0 Å². The van der Waals surface area contributed by atoms with E-state index in [9.17, 15) is 0 Å².